The van der Waals surface area contributed by atoms with E-state index in [0.717, 1.165) is 35.2 Å². The van der Waals surface area contributed by atoms with Gasteiger partial charge in [0.05, 0.1) is 12.0 Å². The maximum Gasteiger partial charge on any atom is 0.191 e. The second-order valence-electron chi connectivity index (χ2n) is 3.56. The Hall–Kier alpha value is -1.40. The molecule has 0 radical (unpaired) electrons. The molecule has 6 heteroatoms. The lowest BCUT2D eigenvalue weighted by Crippen LogP contribution is -2.11. The van der Waals surface area contributed by atoms with Crippen molar-refractivity contribution in [3.63, 3.8) is 0 Å². The summed E-state index contributed by atoms with van der Waals surface area (Å²) < 4.78 is 5.30. The van der Waals surface area contributed by atoms with Gasteiger partial charge in [-0.15, -0.1) is 0 Å². The number of ether oxygens (including phenoxy) is 1. The van der Waals surface area contributed by atoms with Gasteiger partial charge in [0.1, 0.15) is 5.82 Å². The molecule has 2 aromatic rings. The maximum absolute atomic E-state index is 5.30. The third kappa shape index (κ3) is 3.08. The Balaban J connectivity index is 2.23. The van der Waals surface area contributed by atoms with Crippen molar-refractivity contribution in [1.82, 2.24) is 15.0 Å². The zero-order valence-electron chi connectivity index (χ0n) is 10.5. The Morgan fingerprint density at radius 2 is 2.28 bits per heavy atom. The highest BCUT2D eigenvalue weighted by Gasteiger charge is 2.07. The van der Waals surface area contributed by atoms with Gasteiger partial charge in [-0.05, 0) is 25.3 Å². The maximum atomic E-state index is 5.30. The van der Waals surface area contributed by atoms with Crippen molar-refractivity contribution in [2.24, 2.45) is 0 Å². The van der Waals surface area contributed by atoms with E-state index in [1.165, 1.54) is 11.8 Å². The van der Waals surface area contributed by atoms with Crippen molar-refractivity contribution in [1.29, 1.82) is 0 Å². The minimum absolute atomic E-state index is 0.664. The molecular weight excluding hydrogens is 248 g/mol. The van der Waals surface area contributed by atoms with Gasteiger partial charge in [-0.25, -0.2) is 15.0 Å². The molecule has 0 aliphatic heterocycles. The molecule has 1 N–H and O–H groups in total. The van der Waals surface area contributed by atoms with E-state index >= 15 is 0 Å². The number of anilines is 1. The Morgan fingerprint density at radius 3 is 3.06 bits per heavy atom. The number of pyridine rings is 1. The van der Waals surface area contributed by atoms with Gasteiger partial charge >= 0.3 is 0 Å². The van der Waals surface area contributed by atoms with E-state index < -0.39 is 0 Å². The minimum Gasteiger partial charge on any atom is -0.380 e. The van der Waals surface area contributed by atoms with Gasteiger partial charge in [0.15, 0.2) is 10.8 Å². The fourth-order valence-electron chi connectivity index (χ4n) is 1.55. The highest BCUT2D eigenvalue weighted by Crippen LogP contribution is 2.21. The second-order valence-corrected chi connectivity index (χ2v) is 4.33. The monoisotopic (exact) mass is 264 g/mol. The first-order chi connectivity index (χ1) is 8.85. The van der Waals surface area contributed by atoms with Crippen LogP contribution in [0.3, 0.4) is 0 Å². The van der Waals surface area contributed by atoms with Gasteiger partial charge in [0, 0.05) is 19.3 Å². The van der Waals surface area contributed by atoms with Gasteiger partial charge in [-0.1, -0.05) is 11.8 Å². The number of nitrogens with one attached hydrogen (secondary N) is 1. The van der Waals surface area contributed by atoms with Crippen LogP contribution in [-0.4, -0.2) is 41.0 Å². The standard InChI is InChI=1S/C12H16N4OS/c1-3-17-8-7-14-11-9-5-4-6-13-10(9)15-12(16-11)18-2/h4-6H,3,7-8H2,1-2H3,(H,13,14,15,16). The van der Waals surface area contributed by atoms with Crippen molar-refractivity contribution in [2.75, 3.05) is 31.3 Å². The molecule has 5 nitrogen and oxygen atoms in total. The Bertz CT molecular complexity index is 520. The summed E-state index contributed by atoms with van der Waals surface area (Å²) in [5.74, 6) is 0.817. The zero-order chi connectivity index (χ0) is 12.8. The number of fused-ring (bicyclic) bond motifs is 1. The second kappa shape index (κ2) is 6.51. The lowest BCUT2D eigenvalue weighted by Gasteiger charge is -2.09. The highest BCUT2D eigenvalue weighted by atomic mass is 32.2. The van der Waals surface area contributed by atoms with Crippen molar-refractivity contribution in [3.05, 3.63) is 18.3 Å². The van der Waals surface area contributed by atoms with Crippen LogP contribution in [0.5, 0.6) is 0 Å². The summed E-state index contributed by atoms with van der Waals surface area (Å²) in [6, 6.07) is 3.85. The van der Waals surface area contributed by atoms with Gasteiger partial charge in [0.25, 0.3) is 0 Å². The lowest BCUT2D eigenvalue weighted by molar-refractivity contribution is 0.158. The first-order valence-corrected chi connectivity index (χ1v) is 7.06. The van der Waals surface area contributed by atoms with Crippen LogP contribution in [-0.2, 0) is 4.74 Å². The lowest BCUT2D eigenvalue weighted by atomic mass is 10.3. The summed E-state index contributed by atoms with van der Waals surface area (Å²) >= 11 is 1.51. The number of hydrogen-bond acceptors (Lipinski definition) is 6. The van der Waals surface area contributed by atoms with Crippen molar-refractivity contribution in [3.8, 4) is 0 Å². The summed E-state index contributed by atoms with van der Waals surface area (Å²) in [5, 5.41) is 4.93. The SMILES string of the molecule is CCOCCNc1nc(SC)nc2ncccc12. The molecule has 0 spiro atoms. The van der Waals surface area contributed by atoms with Crippen LogP contribution in [0.1, 0.15) is 6.92 Å². The van der Waals surface area contributed by atoms with Crippen LogP contribution in [0, 0.1) is 0 Å². The van der Waals surface area contributed by atoms with Crippen LogP contribution in [0.25, 0.3) is 11.0 Å². The zero-order valence-corrected chi connectivity index (χ0v) is 11.3. The van der Waals surface area contributed by atoms with Gasteiger partial charge in [-0.3, -0.25) is 0 Å². The molecule has 0 aliphatic rings. The average molecular weight is 264 g/mol. The molecule has 0 saturated carbocycles. The van der Waals surface area contributed by atoms with Crippen LogP contribution >= 0.6 is 11.8 Å². The van der Waals surface area contributed by atoms with Crippen LogP contribution in [0.4, 0.5) is 5.82 Å². The van der Waals surface area contributed by atoms with Crippen molar-refractivity contribution in [2.45, 2.75) is 12.1 Å². The molecule has 2 aromatic heterocycles. The van der Waals surface area contributed by atoms with E-state index in [1.807, 2.05) is 25.3 Å². The average Bonchev–Trinajstić information content (AvgIpc) is 2.43. The first kappa shape index (κ1) is 13.0. The molecule has 0 saturated heterocycles. The highest BCUT2D eigenvalue weighted by molar-refractivity contribution is 7.98. The largest absolute Gasteiger partial charge is 0.380 e. The predicted molar refractivity (Wildman–Crippen MR) is 74.1 cm³/mol. The van der Waals surface area contributed by atoms with E-state index in [0.29, 0.717) is 6.61 Å². The molecule has 0 fully saturated rings. The molecule has 0 bridgehead atoms. The van der Waals surface area contributed by atoms with Gasteiger partial charge in [0.2, 0.25) is 0 Å². The molecule has 18 heavy (non-hydrogen) atoms. The summed E-state index contributed by atoms with van der Waals surface area (Å²) in [6.45, 7) is 4.10. The quantitative estimate of drug-likeness (QED) is 0.490. The number of hydrogen-bond donors (Lipinski definition) is 1. The summed E-state index contributed by atoms with van der Waals surface area (Å²) in [7, 11) is 0. The fraction of sp³-hybridized carbons (Fsp3) is 0.417. The van der Waals surface area contributed by atoms with E-state index in [-0.39, 0.29) is 0 Å². The van der Waals surface area contributed by atoms with E-state index in [4.69, 9.17) is 4.74 Å². The van der Waals surface area contributed by atoms with Crippen LogP contribution in [0.15, 0.2) is 23.5 Å². The van der Waals surface area contributed by atoms with Crippen LogP contribution in [0.2, 0.25) is 0 Å². The van der Waals surface area contributed by atoms with E-state index in [2.05, 4.69) is 20.3 Å². The minimum atomic E-state index is 0.664. The summed E-state index contributed by atoms with van der Waals surface area (Å²) in [4.78, 5) is 13.1. The van der Waals surface area contributed by atoms with Gasteiger partial charge in [-0.2, -0.15) is 0 Å². The molecule has 0 unspecified atom stereocenters. The number of nitrogens with zero attached hydrogens (tertiary/aromatic N) is 3. The molecule has 0 atom stereocenters. The van der Waals surface area contributed by atoms with Crippen molar-refractivity contribution < 1.29 is 4.74 Å². The third-order valence-corrected chi connectivity index (χ3v) is 2.92. The number of thioether (sulfide) groups is 1. The molecule has 0 amide bonds. The van der Waals surface area contributed by atoms with E-state index in [1.54, 1.807) is 6.20 Å². The molecular formula is C12H16N4OS. The van der Waals surface area contributed by atoms with E-state index in [9.17, 15) is 0 Å². The summed E-state index contributed by atoms with van der Waals surface area (Å²) in [6.07, 6.45) is 3.69. The predicted octanol–water partition coefficient (Wildman–Crippen LogP) is 2.20. The normalized spacial score (nSPS) is 10.8. The number of rotatable bonds is 6. The third-order valence-electron chi connectivity index (χ3n) is 2.38. The number of aromatic nitrogens is 3. The molecule has 2 heterocycles. The first-order valence-electron chi connectivity index (χ1n) is 5.83. The Labute approximate surface area is 110 Å². The molecule has 2 rings (SSSR count). The van der Waals surface area contributed by atoms with Crippen molar-refractivity contribution >= 4 is 28.6 Å². The smallest absolute Gasteiger partial charge is 0.191 e. The molecule has 0 aromatic carbocycles. The Morgan fingerprint density at radius 1 is 1.39 bits per heavy atom. The van der Waals surface area contributed by atoms with Gasteiger partial charge < -0.3 is 10.1 Å². The fourth-order valence-corrected chi connectivity index (χ4v) is 1.91. The van der Waals surface area contributed by atoms with Crippen LogP contribution < -0.4 is 5.32 Å². The Kier molecular flexibility index (Phi) is 4.72. The molecule has 96 valence electrons. The summed E-state index contributed by atoms with van der Waals surface area (Å²) in [5.41, 5.74) is 0.718. The topological polar surface area (TPSA) is 59.9 Å². The molecule has 0 aliphatic carbocycles.